The van der Waals surface area contributed by atoms with E-state index < -0.39 is 9.84 Å². The first kappa shape index (κ1) is 32.0. The molecule has 0 fully saturated rings. The van der Waals surface area contributed by atoms with Crippen LogP contribution in [0, 0.1) is 11.7 Å². The van der Waals surface area contributed by atoms with Crippen LogP contribution >= 0.6 is 0 Å². The third-order valence-corrected chi connectivity index (χ3v) is 5.51. The van der Waals surface area contributed by atoms with Gasteiger partial charge in [0.15, 0.2) is 9.84 Å². The lowest BCUT2D eigenvalue weighted by molar-refractivity contribution is 0.0956. The Balaban J connectivity index is 0.000000733. The molecule has 194 valence electrons. The first-order valence-electron chi connectivity index (χ1n) is 11.6. The van der Waals surface area contributed by atoms with Gasteiger partial charge >= 0.3 is 0 Å². The normalized spacial score (nSPS) is 11.0. The van der Waals surface area contributed by atoms with Crippen LogP contribution in [0.2, 0.25) is 0 Å². The van der Waals surface area contributed by atoms with Gasteiger partial charge in [-0.25, -0.2) is 12.8 Å². The summed E-state index contributed by atoms with van der Waals surface area (Å²) in [5.41, 5.74) is 1.44. The van der Waals surface area contributed by atoms with Crippen molar-refractivity contribution in [3.8, 4) is 11.1 Å². The second kappa shape index (κ2) is 17.4. The summed E-state index contributed by atoms with van der Waals surface area (Å²) in [4.78, 5) is 16.1. The van der Waals surface area contributed by atoms with E-state index in [0.29, 0.717) is 17.7 Å². The summed E-state index contributed by atoms with van der Waals surface area (Å²) in [6, 6.07) is 10.0. The molecule has 0 heterocycles. The first-order valence-corrected chi connectivity index (χ1v) is 13.5. The van der Waals surface area contributed by atoms with Crippen molar-refractivity contribution >= 4 is 22.0 Å². The topological polar surface area (TPSA) is 87.6 Å². The lowest BCUT2D eigenvalue weighted by Crippen LogP contribution is -2.23. The molecule has 2 aromatic rings. The highest BCUT2D eigenvalue weighted by atomic mass is 32.2. The summed E-state index contributed by atoms with van der Waals surface area (Å²) >= 11 is 0. The maximum Gasteiger partial charge on any atom is 0.251 e. The smallest absolute Gasteiger partial charge is 0.251 e. The van der Waals surface area contributed by atoms with Crippen molar-refractivity contribution in [3.05, 3.63) is 66.1 Å². The highest BCUT2D eigenvalue weighted by molar-refractivity contribution is 7.90. The fourth-order valence-electron chi connectivity index (χ4n) is 2.63. The molecular weight excluding hydrogens is 465 g/mol. The van der Waals surface area contributed by atoms with Gasteiger partial charge < -0.3 is 15.6 Å². The van der Waals surface area contributed by atoms with E-state index in [0.717, 1.165) is 25.1 Å². The second-order valence-electron chi connectivity index (χ2n) is 7.97. The summed E-state index contributed by atoms with van der Waals surface area (Å²) in [7, 11) is -1.61. The number of nitrogens with zero attached hydrogens (tertiary/aromatic N) is 1. The highest BCUT2D eigenvalue weighted by Gasteiger charge is 2.17. The molecule has 35 heavy (non-hydrogen) atoms. The van der Waals surface area contributed by atoms with Gasteiger partial charge in [-0.15, -0.1) is 0 Å². The van der Waals surface area contributed by atoms with Crippen LogP contribution in [0.15, 0.2) is 64.6 Å². The van der Waals surface area contributed by atoms with Crippen LogP contribution < -0.4 is 10.6 Å². The van der Waals surface area contributed by atoms with E-state index in [1.165, 1.54) is 24.3 Å². The lowest BCUT2D eigenvalue weighted by atomic mass is 9.99. The number of nitrogens with one attached hydrogen (secondary N) is 2. The Labute approximate surface area is 210 Å². The van der Waals surface area contributed by atoms with Crippen LogP contribution in [0.4, 0.5) is 4.39 Å². The molecule has 0 aromatic heterocycles. The Kier molecular flexibility index (Phi) is 15.9. The number of halogens is 1. The largest absolute Gasteiger partial charge is 0.391 e. The predicted molar refractivity (Wildman–Crippen MR) is 145 cm³/mol. The maximum absolute atomic E-state index is 13.0. The number of rotatable bonds is 8. The summed E-state index contributed by atoms with van der Waals surface area (Å²) in [5.74, 6) is 0.00657. The molecule has 0 spiro atoms. The molecule has 2 N–H and O–H groups in total. The Morgan fingerprint density at radius 3 is 2.11 bits per heavy atom. The average molecular weight is 506 g/mol. The van der Waals surface area contributed by atoms with E-state index >= 15 is 0 Å². The Morgan fingerprint density at radius 1 is 1.09 bits per heavy atom. The highest BCUT2D eigenvalue weighted by Crippen LogP contribution is 2.26. The van der Waals surface area contributed by atoms with E-state index in [9.17, 15) is 17.6 Å². The summed E-state index contributed by atoms with van der Waals surface area (Å²) in [6.45, 7) is 11.6. The zero-order chi connectivity index (χ0) is 26.9. The van der Waals surface area contributed by atoms with Crippen LogP contribution in [0.3, 0.4) is 0 Å². The molecule has 8 heteroatoms. The van der Waals surface area contributed by atoms with Gasteiger partial charge in [-0.3, -0.25) is 4.79 Å². The first-order chi connectivity index (χ1) is 16.5. The molecule has 0 aliphatic carbocycles. The molecule has 6 nitrogen and oxygen atoms in total. The Morgan fingerprint density at radius 2 is 1.71 bits per heavy atom. The third-order valence-electron chi connectivity index (χ3n) is 4.40. The van der Waals surface area contributed by atoms with Crippen LogP contribution in [0.5, 0.6) is 0 Å². The van der Waals surface area contributed by atoms with Gasteiger partial charge in [-0.1, -0.05) is 38.1 Å². The molecule has 2 aromatic carbocycles. The Hall–Kier alpha value is -3.00. The average Bonchev–Trinajstić information content (AvgIpc) is 2.82. The number of aliphatic imine (C=N–C) groups is 1. The summed E-state index contributed by atoms with van der Waals surface area (Å²) < 4.78 is 36.4. The molecule has 0 saturated heterocycles. The van der Waals surface area contributed by atoms with Crippen LogP contribution in [-0.4, -0.2) is 46.9 Å². The fourth-order valence-corrected chi connectivity index (χ4v) is 3.28. The van der Waals surface area contributed by atoms with Gasteiger partial charge in [0.1, 0.15) is 5.82 Å². The fraction of sp³-hybridized carbons (Fsp3) is 0.407. The van der Waals surface area contributed by atoms with Gasteiger partial charge in [0, 0.05) is 32.0 Å². The number of allylic oxidation sites excluding steroid dienone is 1. The SMILES string of the molecule is C/C=C/NCC.CCNC(=O)c1cc(S(C)(=O)=O)ccc1-c1ccc(F)cc1.CN=CCC(C)C. The molecule has 0 radical (unpaired) electrons. The minimum absolute atomic E-state index is 0.0691. The Bertz CT molecular complexity index is 1050. The third kappa shape index (κ3) is 13.5. The van der Waals surface area contributed by atoms with Gasteiger partial charge in [0.2, 0.25) is 0 Å². The number of hydrogen-bond acceptors (Lipinski definition) is 5. The van der Waals surface area contributed by atoms with Crippen LogP contribution in [-0.2, 0) is 9.84 Å². The molecule has 0 bridgehead atoms. The minimum atomic E-state index is -3.42. The molecule has 1 amide bonds. The number of amides is 1. The summed E-state index contributed by atoms with van der Waals surface area (Å²) in [5, 5.41) is 5.67. The zero-order valence-corrected chi connectivity index (χ0v) is 22.7. The molecule has 0 unspecified atom stereocenters. The summed E-state index contributed by atoms with van der Waals surface area (Å²) in [6.07, 6.45) is 8.05. The van der Waals surface area contributed by atoms with E-state index in [1.54, 1.807) is 25.1 Å². The lowest BCUT2D eigenvalue weighted by Gasteiger charge is -2.11. The monoisotopic (exact) mass is 505 g/mol. The van der Waals surface area contributed by atoms with Gasteiger partial charge in [-0.05, 0) is 80.9 Å². The van der Waals surface area contributed by atoms with Gasteiger partial charge in [0.05, 0.1) is 4.90 Å². The zero-order valence-electron chi connectivity index (χ0n) is 21.9. The van der Waals surface area contributed by atoms with Crippen molar-refractivity contribution in [1.82, 2.24) is 10.6 Å². The number of sulfone groups is 1. The van der Waals surface area contributed by atoms with Crippen LogP contribution in [0.25, 0.3) is 11.1 Å². The quantitative estimate of drug-likeness (QED) is 0.463. The molecular formula is C27H40FN3O3S. The predicted octanol–water partition coefficient (Wildman–Crippen LogP) is 5.51. The second-order valence-corrected chi connectivity index (χ2v) is 9.99. The van der Waals surface area contributed by atoms with E-state index in [4.69, 9.17) is 0 Å². The minimum Gasteiger partial charge on any atom is -0.391 e. The molecule has 0 aliphatic rings. The number of benzene rings is 2. The van der Waals surface area contributed by atoms with Gasteiger partial charge in [-0.2, -0.15) is 0 Å². The van der Waals surface area contributed by atoms with Crippen molar-refractivity contribution in [1.29, 1.82) is 0 Å². The van der Waals surface area contributed by atoms with E-state index in [1.807, 2.05) is 32.5 Å². The van der Waals surface area contributed by atoms with Crippen molar-refractivity contribution in [2.75, 3.05) is 26.4 Å². The van der Waals surface area contributed by atoms with E-state index in [-0.39, 0.29) is 22.2 Å². The van der Waals surface area contributed by atoms with Crippen molar-refractivity contribution in [2.24, 2.45) is 10.9 Å². The number of carbonyl (C=O) groups is 1. The van der Waals surface area contributed by atoms with Crippen LogP contribution in [0.1, 0.15) is 51.4 Å². The standard InChI is InChI=1S/C16H16FNO3S.C6H13N.C5H11N/c1-3-18-16(19)15-10-13(22(2,20)21)8-9-14(15)11-4-6-12(17)7-5-11;1-6(2)4-5-7-3;1-3-5-6-4-2/h4-10H,3H2,1-2H3,(H,18,19);5-6H,4H2,1-3H3;3,5-6H,4H2,1-2H3/b;;5-3+. The van der Waals surface area contributed by atoms with Crippen molar-refractivity contribution in [3.63, 3.8) is 0 Å². The van der Waals surface area contributed by atoms with Gasteiger partial charge in [0.25, 0.3) is 5.91 Å². The molecule has 0 aliphatic heterocycles. The van der Waals surface area contributed by atoms with Crippen molar-refractivity contribution < 1.29 is 17.6 Å². The number of carbonyl (C=O) groups excluding carboxylic acids is 1. The molecule has 2 rings (SSSR count). The maximum atomic E-state index is 13.0. The van der Waals surface area contributed by atoms with Crippen molar-refractivity contribution in [2.45, 2.75) is 45.9 Å². The van der Waals surface area contributed by atoms with E-state index in [2.05, 4.69) is 36.4 Å². The number of hydrogen-bond donors (Lipinski definition) is 2. The molecule has 0 saturated carbocycles. The molecule has 0 atom stereocenters.